The van der Waals surface area contributed by atoms with Gasteiger partial charge in [0.15, 0.2) is 0 Å². The summed E-state index contributed by atoms with van der Waals surface area (Å²) in [5.41, 5.74) is -0.206. The van der Waals surface area contributed by atoms with Gasteiger partial charge in [0.1, 0.15) is 23.9 Å². The predicted octanol–water partition coefficient (Wildman–Crippen LogP) is 1.88. The molecular formula is C10H7N3O4. The lowest BCUT2D eigenvalue weighted by Crippen LogP contribution is -1.94. The highest BCUT2D eigenvalue weighted by atomic mass is 16.6. The average Bonchev–Trinajstić information content (AvgIpc) is 2.33. The van der Waals surface area contributed by atoms with Gasteiger partial charge in [-0.1, -0.05) is 0 Å². The standard InChI is InChI=1S/C10H7N3O4/c14-8-1-3-9(4-2-8)17-10-11-5-7(6-12-10)13(15)16/h1-6,14H. The monoisotopic (exact) mass is 233 g/mol. The molecule has 2 aromatic rings. The Bertz CT molecular complexity index is 524. The molecule has 17 heavy (non-hydrogen) atoms. The summed E-state index contributed by atoms with van der Waals surface area (Å²) in [6.45, 7) is 0. The van der Waals surface area contributed by atoms with Gasteiger partial charge < -0.3 is 9.84 Å². The van der Waals surface area contributed by atoms with E-state index >= 15 is 0 Å². The molecule has 0 saturated heterocycles. The fourth-order valence-electron chi connectivity index (χ4n) is 1.08. The smallest absolute Gasteiger partial charge is 0.322 e. The van der Waals surface area contributed by atoms with Crippen LogP contribution in [0.1, 0.15) is 0 Å². The second-order valence-corrected chi connectivity index (χ2v) is 3.08. The van der Waals surface area contributed by atoms with Gasteiger partial charge in [-0.2, -0.15) is 9.97 Å². The molecule has 0 saturated carbocycles. The van der Waals surface area contributed by atoms with Crippen LogP contribution in [-0.2, 0) is 0 Å². The maximum Gasteiger partial charge on any atom is 0.322 e. The molecule has 0 fully saturated rings. The molecule has 0 aliphatic heterocycles. The van der Waals surface area contributed by atoms with Crippen molar-refractivity contribution in [2.75, 3.05) is 0 Å². The average molecular weight is 233 g/mol. The van der Waals surface area contributed by atoms with Gasteiger partial charge in [-0.25, -0.2) is 0 Å². The van der Waals surface area contributed by atoms with Crippen LogP contribution >= 0.6 is 0 Å². The lowest BCUT2D eigenvalue weighted by atomic mass is 10.3. The molecule has 1 aromatic carbocycles. The molecule has 0 spiro atoms. The number of nitrogens with zero attached hydrogens (tertiary/aromatic N) is 3. The Morgan fingerprint density at radius 1 is 1.18 bits per heavy atom. The molecule has 2 rings (SSSR count). The number of hydrogen-bond acceptors (Lipinski definition) is 6. The van der Waals surface area contributed by atoms with Crippen molar-refractivity contribution < 1.29 is 14.8 Å². The molecule has 0 aliphatic rings. The third-order valence-electron chi connectivity index (χ3n) is 1.87. The largest absolute Gasteiger partial charge is 0.508 e. The molecule has 1 heterocycles. The number of aromatic nitrogens is 2. The summed E-state index contributed by atoms with van der Waals surface area (Å²) in [6, 6.07) is 5.95. The molecule has 0 unspecified atom stereocenters. The van der Waals surface area contributed by atoms with Crippen molar-refractivity contribution in [1.29, 1.82) is 0 Å². The van der Waals surface area contributed by atoms with Crippen molar-refractivity contribution in [3.05, 3.63) is 46.8 Å². The summed E-state index contributed by atoms with van der Waals surface area (Å²) in [5, 5.41) is 19.4. The van der Waals surface area contributed by atoms with E-state index in [1.165, 1.54) is 24.3 Å². The van der Waals surface area contributed by atoms with E-state index < -0.39 is 4.92 Å². The normalized spacial score (nSPS) is 9.88. The molecular weight excluding hydrogens is 226 g/mol. The van der Waals surface area contributed by atoms with E-state index in [2.05, 4.69) is 9.97 Å². The van der Waals surface area contributed by atoms with E-state index in [9.17, 15) is 10.1 Å². The molecule has 1 aromatic heterocycles. The van der Waals surface area contributed by atoms with Crippen molar-refractivity contribution in [3.8, 4) is 17.5 Å². The highest BCUT2D eigenvalue weighted by Crippen LogP contribution is 2.20. The fraction of sp³-hybridized carbons (Fsp3) is 0. The first kappa shape index (κ1) is 10.8. The van der Waals surface area contributed by atoms with E-state index in [0.29, 0.717) is 5.75 Å². The zero-order valence-electron chi connectivity index (χ0n) is 8.48. The minimum Gasteiger partial charge on any atom is -0.508 e. The summed E-state index contributed by atoms with van der Waals surface area (Å²) in [5.74, 6) is 0.540. The van der Waals surface area contributed by atoms with Crippen LogP contribution in [0.15, 0.2) is 36.7 Å². The van der Waals surface area contributed by atoms with Gasteiger partial charge in [0.25, 0.3) is 0 Å². The number of rotatable bonds is 3. The number of benzene rings is 1. The minimum atomic E-state index is -0.593. The van der Waals surface area contributed by atoms with Gasteiger partial charge in [0.05, 0.1) is 4.92 Å². The van der Waals surface area contributed by atoms with Gasteiger partial charge in [0.2, 0.25) is 0 Å². The van der Waals surface area contributed by atoms with Gasteiger partial charge >= 0.3 is 11.7 Å². The van der Waals surface area contributed by atoms with Crippen molar-refractivity contribution in [1.82, 2.24) is 9.97 Å². The first-order chi connectivity index (χ1) is 8.15. The summed E-state index contributed by atoms with van der Waals surface area (Å²) in [6.07, 6.45) is 2.12. The molecule has 0 bridgehead atoms. The molecule has 1 N–H and O–H groups in total. The molecule has 7 heteroatoms. The molecule has 7 nitrogen and oxygen atoms in total. The second kappa shape index (κ2) is 4.44. The topological polar surface area (TPSA) is 98.4 Å². The highest BCUT2D eigenvalue weighted by molar-refractivity contribution is 5.32. The number of aromatic hydroxyl groups is 1. The molecule has 0 radical (unpaired) electrons. The summed E-state index contributed by atoms with van der Waals surface area (Å²) < 4.78 is 5.21. The molecule has 86 valence electrons. The summed E-state index contributed by atoms with van der Waals surface area (Å²) in [7, 11) is 0. The van der Waals surface area contributed by atoms with Crippen molar-refractivity contribution in [2.45, 2.75) is 0 Å². The number of phenolic OH excluding ortho intramolecular Hbond substituents is 1. The van der Waals surface area contributed by atoms with Crippen LogP contribution in [0.3, 0.4) is 0 Å². The Balaban J connectivity index is 2.13. The quantitative estimate of drug-likeness (QED) is 0.641. The Hall–Kier alpha value is -2.70. The van der Waals surface area contributed by atoms with Crippen LogP contribution in [0.25, 0.3) is 0 Å². The van der Waals surface area contributed by atoms with Gasteiger partial charge in [-0.05, 0) is 24.3 Å². The van der Waals surface area contributed by atoms with Crippen LogP contribution in [0.4, 0.5) is 5.69 Å². The number of nitro groups is 1. The van der Waals surface area contributed by atoms with Crippen molar-refractivity contribution in [3.63, 3.8) is 0 Å². The van der Waals surface area contributed by atoms with E-state index in [4.69, 9.17) is 9.84 Å². The number of phenols is 1. The van der Waals surface area contributed by atoms with E-state index in [1.807, 2.05) is 0 Å². The summed E-state index contributed by atoms with van der Waals surface area (Å²) >= 11 is 0. The lowest BCUT2D eigenvalue weighted by molar-refractivity contribution is -0.385. The Kier molecular flexibility index (Phi) is 2.82. The Morgan fingerprint density at radius 3 is 2.29 bits per heavy atom. The Morgan fingerprint density at radius 2 is 1.76 bits per heavy atom. The van der Waals surface area contributed by atoms with E-state index in [0.717, 1.165) is 12.4 Å². The minimum absolute atomic E-state index is 0.00119. The van der Waals surface area contributed by atoms with Gasteiger partial charge in [-0.3, -0.25) is 10.1 Å². The molecule has 0 amide bonds. The maximum absolute atomic E-state index is 10.4. The van der Waals surface area contributed by atoms with Gasteiger partial charge in [0, 0.05) is 0 Å². The van der Waals surface area contributed by atoms with Crippen molar-refractivity contribution in [2.24, 2.45) is 0 Å². The second-order valence-electron chi connectivity index (χ2n) is 3.08. The van der Waals surface area contributed by atoms with Crippen molar-refractivity contribution >= 4 is 5.69 Å². The van der Waals surface area contributed by atoms with Crippen LogP contribution in [-0.4, -0.2) is 20.0 Å². The third kappa shape index (κ3) is 2.65. The van der Waals surface area contributed by atoms with E-state index in [1.54, 1.807) is 0 Å². The highest BCUT2D eigenvalue weighted by Gasteiger charge is 2.07. The third-order valence-corrected chi connectivity index (χ3v) is 1.87. The van der Waals surface area contributed by atoms with Crippen LogP contribution in [0.5, 0.6) is 17.5 Å². The lowest BCUT2D eigenvalue weighted by Gasteiger charge is -2.02. The van der Waals surface area contributed by atoms with Gasteiger partial charge in [-0.15, -0.1) is 0 Å². The van der Waals surface area contributed by atoms with E-state index in [-0.39, 0.29) is 17.4 Å². The Labute approximate surface area is 95.5 Å². The first-order valence-corrected chi connectivity index (χ1v) is 4.58. The number of ether oxygens (including phenoxy) is 1. The van der Waals surface area contributed by atoms with Crippen LogP contribution < -0.4 is 4.74 Å². The predicted molar refractivity (Wildman–Crippen MR) is 56.9 cm³/mol. The zero-order valence-corrected chi connectivity index (χ0v) is 8.48. The van der Waals surface area contributed by atoms with Crippen LogP contribution in [0, 0.1) is 10.1 Å². The number of hydrogen-bond donors (Lipinski definition) is 1. The fourth-order valence-corrected chi connectivity index (χ4v) is 1.08. The SMILES string of the molecule is O=[N+]([O-])c1cnc(Oc2ccc(O)cc2)nc1. The summed E-state index contributed by atoms with van der Waals surface area (Å²) in [4.78, 5) is 17.1. The van der Waals surface area contributed by atoms with Crippen LogP contribution in [0.2, 0.25) is 0 Å². The maximum atomic E-state index is 10.4. The molecule has 0 atom stereocenters. The zero-order chi connectivity index (χ0) is 12.3. The first-order valence-electron chi connectivity index (χ1n) is 4.58. The molecule has 0 aliphatic carbocycles.